The van der Waals surface area contributed by atoms with Crippen LogP contribution in [0.4, 0.5) is 5.82 Å². The minimum atomic E-state index is 0.312. The number of aromatic nitrogens is 1. The number of hydrogen-bond acceptors (Lipinski definition) is 4. The van der Waals surface area contributed by atoms with Crippen LogP contribution in [-0.2, 0) is 11.3 Å². The summed E-state index contributed by atoms with van der Waals surface area (Å²) in [6.45, 7) is 3.18. The van der Waals surface area contributed by atoms with E-state index in [4.69, 9.17) is 32.7 Å². The Hall–Kier alpha value is -1.49. The monoisotopic (exact) mass is 326 g/mol. The predicted octanol–water partition coefficient (Wildman–Crippen LogP) is 4.76. The minimum absolute atomic E-state index is 0.312. The zero-order chi connectivity index (χ0) is 15.2. The maximum atomic E-state index is 6.13. The van der Waals surface area contributed by atoms with Crippen LogP contribution in [-0.4, -0.2) is 18.6 Å². The Bertz CT molecular complexity index is 621. The van der Waals surface area contributed by atoms with Crippen LogP contribution >= 0.6 is 23.2 Å². The number of nitrogens with zero attached hydrogens (tertiary/aromatic N) is 1. The van der Waals surface area contributed by atoms with Crippen molar-refractivity contribution < 1.29 is 9.47 Å². The number of rotatable bonds is 6. The lowest BCUT2D eigenvalue weighted by Gasteiger charge is -2.11. The van der Waals surface area contributed by atoms with Gasteiger partial charge in [-0.05, 0) is 30.7 Å². The zero-order valence-corrected chi connectivity index (χ0v) is 13.3. The van der Waals surface area contributed by atoms with Gasteiger partial charge in [0.2, 0.25) is 5.88 Å². The Morgan fingerprint density at radius 3 is 2.71 bits per heavy atom. The summed E-state index contributed by atoms with van der Waals surface area (Å²) in [6, 6.07) is 9.17. The average molecular weight is 327 g/mol. The lowest BCUT2D eigenvalue weighted by Crippen LogP contribution is -2.01. The van der Waals surface area contributed by atoms with Gasteiger partial charge in [-0.3, -0.25) is 0 Å². The summed E-state index contributed by atoms with van der Waals surface area (Å²) in [4.78, 5) is 4.30. The first-order chi connectivity index (χ1) is 10.1. The van der Waals surface area contributed by atoms with E-state index in [0.717, 1.165) is 5.56 Å². The number of ether oxygens (including phenoxy) is 2. The Balaban J connectivity index is 2.26. The van der Waals surface area contributed by atoms with Gasteiger partial charge < -0.3 is 14.8 Å². The Kier molecular flexibility index (Phi) is 5.67. The second-order valence-electron chi connectivity index (χ2n) is 4.32. The number of halogens is 2. The van der Waals surface area contributed by atoms with Gasteiger partial charge in [-0.2, -0.15) is 4.98 Å². The van der Waals surface area contributed by atoms with Gasteiger partial charge in [0.15, 0.2) is 0 Å². The third kappa shape index (κ3) is 4.24. The fraction of sp³-hybridized carbons (Fsp3) is 0.267. The molecule has 2 rings (SSSR count). The van der Waals surface area contributed by atoms with Crippen LogP contribution in [0.1, 0.15) is 12.5 Å². The van der Waals surface area contributed by atoms with Crippen LogP contribution in [0.5, 0.6) is 11.6 Å². The van der Waals surface area contributed by atoms with Gasteiger partial charge in [0.25, 0.3) is 0 Å². The van der Waals surface area contributed by atoms with E-state index in [2.05, 4.69) is 10.3 Å². The molecule has 4 nitrogen and oxygen atoms in total. The molecule has 2 aromatic rings. The highest BCUT2D eigenvalue weighted by Crippen LogP contribution is 2.33. The van der Waals surface area contributed by atoms with Crippen LogP contribution in [0.25, 0.3) is 0 Å². The molecule has 21 heavy (non-hydrogen) atoms. The molecule has 0 saturated heterocycles. The van der Waals surface area contributed by atoms with Gasteiger partial charge in [-0.25, -0.2) is 0 Å². The summed E-state index contributed by atoms with van der Waals surface area (Å²) in [6.07, 6.45) is 0. The molecule has 0 radical (unpaired) electrons. The number of hydrogen-bond donors (Lipinski definition) is 1. The zero-order valence-electron chi connectivity index (χ0n) is 11.8. The lowest BCUT2D eigenvalue weighted by molar-refractivity contribution is 0.184. The van der Waals surface area contributed by atoms with E-state index in [1.165, 1.54) is 0 Å². The molecule has 0 spiro atoms. The van der Waals surface area contributed by atoms with Crippen LogP contribution in [0.15, 0.2) is 30.3 Å². The third-order valence-corrected chi connectivity index (χ3v) is 3.22. The molecule has 1 N–H and O–H groups in total. The largest absolute Gasteiger partial charge is 0.437 e. The fourth-order valence-corrected chi connectivity index (χ4v) is 2.25. The van der Waals surface area contributed by atoms with E-state index in [1.54, 1.807) is 13.2 Å². The fourth-order valence-electron chi connectivity index (χ4n) is 1.79. The van der Waals surface area contributed by atoms with Crippen LogP contribution in [0.3, 0.4) is 0 Å². The normalized spacial score (nSPS) is 10.5. The first kappa shape index (κ1) is 15.9. The highest BCUT2D eigenvalue weighted by Gasteiger charge is 2.11. The van der Waals surface area contributed by atoms with Crippen molar-refractivity contribution >= 4 is 29.0 Å². The topological polar surface area (TPSA) is 43.4 Å². The van der Waals surface area contributed by atoms with Crippen molar-refractivity contribution in [2.45, 2.75) is 13.5 Å². The van der Waals surface area contributed by atoms with Crippen molar-refractivity contribution in [2.75, 3.05) is 19.0 Å². The van der Waals surface area contributed by atoms with Crippen molar-refractivity contribution in [3.05, 3.63) is 45.9 Å². The van der Waals surface area contributed by atoms with E-state index >= 15 is 0 Å². The summed E-state index contributed by atoms with van der Waals surface area (Å²) in [7, 11) is 1.65. The smallest absolute Gasteiger partial charge is 0.240 e. The van der Waals surface area contributed by atoms with Gasteiger partial charge >= 0.3 is 0 Å². The highest BCUT2D eigenvalue weighted by atomic mass is 35.5. The van der Waals surface area contributed by atoms with Gasteiger partial charge in [0.05, 0.1) is 11.6 Å². The van der Waals surface area contributed by atoms with Crippen molar-refractivity contribution in [2.24, 2.45) is 0 Å². The van der Waals surface area contributed by atoms with E-state index < -0.39 is 0 Å². The van der Waals surface area contributed by atoms with Crippen molar-refractivity contribution in [1.29, 1.82) is 0 Å². The number of benzene rings is 1. The standard InChI is InChI=1S/C15H16Cl2N2O2/c1-3-18-14-12(16)8-13(17)15(19-14)21-11-6-4-5-10(7-11)9-20-2/h4-8H,3,9H2,1-2H3,(H,18,19). The molecule has 1 heterocycles. The molecule has 0 bridgehead atoms. The van der Waals surface area contributed by atoms with E-state index in [-0.39, 0.29) is 0 Å². The molecule has 0 fully saturated rings. The van der Waals surface area contributed by atoms with Crippen molar-refractivity contribution in [1.82, 2.24) is 4.98 Å². The van der Waals surface area contributed by atoms with Crippen LogP contribution in [0, 0.1) is 0 Å². The first-order valence-electron chi connectivity index (χ1n) is 6.49. The molecule has 112 valence electrons. The molecule has 0 saturated carbocycles. The Morgan fingerprint density at radius 2 is 2.00 bits per heavy atom. The number of nitrogens with one attached hydrogen (secondary N) is 1. The maximum absolute atomic E-state index is 6.13. The van der Waals surface area contributed by atoms with Gasteiger partial charge in [-0.1, -0.05) is 35.3 Å². The highest BCUT2D eigenvalue weighted by molar-refractivity contribution is 6.36. The first-order valence-corrected chi connectivity index (χ1v) is 7.25. The summed E-state index contributed by atoms with van der Waals surface area (Å²) >= 11 is 12.2. The molecule has 0 aliphatic heterocycles. The molecule has 0 aliphatic carbocycles. The van der Waals surface area contributed by atoms with Crippen molar-refractivity contribution in [3.8, 4) is 11.6 Å². The van der Waals surface area contributed by atoms with E-state index in [9.17, 15) is 0 Å². The Morgan fingerprint density at radius 1 is 1.19 bits per heavy atom. The van der Waals surface area contributed by atoms with E-state index in [1.807, 2.05) is 31.2 Å². The molecule has 0 unspecified atom stereocenters. The SMILES string of the molecule is CCNc1nc(Oc2cccc(COC)c2)c(Cl)cc1Cl. The summed E-state index contributed by atoms with van der Waals surface area (Å²) < 4.78 is 10.8. The molecule has 1 aromatic heterocycles. The van der Waals surface area contributed by atoms with Gasteiger partial charge in [0.1, 0.15) is 16.6 Å². The van der Waals surface area contributed by atoms with Crippen molar-refractivity contribution in [3.63, 3.8) is 0 Å². The van der Waals surface area contributed by atoms with E-state index in [0.29, 0.717) is 40.6 Å². The number of pyridine rings is 1. The molecular formula is C15H16Cl2N2O2. The molecular weight excluding hydrogens is 311 g/mol. The minimum Gasteiger partial charge on any atom is -0.437 e. The molecule has 1 aromatic carbocycles. The second kappa shape index (κ2) is 7.50. The maximum Gasteiger partial charge on any atom is 0.240 e. The number of anilines is 1. The molecule has 0 aliphatic rings. The average Bonchev–Trinajstić information content (AvgIpc) is 2.45. The van der Waals surface area contributed by atoms with Gasteiger partial charge in [-0.15, -0.1) is 0 Å². The predicted molar refractivity (Wildman–Crippen MR) is 85.6 cm³/mol. The molecule has 0 atom stereocenters. The van der Waals surface area contributed by atoms with Gasteiger partial charge in [0, 0.05) is 13.7 Å². The third-order valence-electron chi connectivity index (χ3n) is 2.67. The quantitative estimate of drug-likeness (QED) is 0.831. The molecule has 0 amide bonds. The van der Waals surface area contributed by atoms with Crippen LogP contribution in [0.2, 0.25) is 10.0 Å². The summed E-state index contributed by atoms with van der Waals surface area (Å²) in [5.74, 6) is 1.50. The number of methoxy groups -OCH3 is 1. The Labute approximate surface area is 134 Å². The lowest BCUT2D eigenvalue weighted by atomic mass is 10.2. The van der Waals surface area contributed by atoms with Crippen LogP contribution < -0.4 is 10.1 Å². The summed E-state index contributed by atoms with van der Waals surface area (Å²) in [5, 5.41) is 3.88. The second-order valence-corrected chi connectivity index (χ2v) is 5.13. The summed E-state index contributed by atoms with van der Waals surface area (Å²) in [5.41, 5.74) is 1.01. The molecule has 6 heteroatoms.